The highest BCUT2D eigenvalue weighted by atomic mass is 35.5. The van der Waals surface area contributed by atoms with E-state index in [9.17, 15) is 28.1 Å². The number of amides is 1. The van der Waals surface area contributed by atoms with Crippen LogP contribution < -0.4 is 10.2 Å². The van der Waals surface area contributed by atoms with Gasteiger partial charge in [-0.3, -0.25) is 19.8 Å². The number of nitro benzene ring substituents is 1. The summed E-state index contributed by atoms with van der Waals surface area (Å²) in [7, 11) is 0. The van der Waals surface area contributed by atoms with Gasteiger partial charge in [0.15, 0.2) is 0 Å². The lowest BCUT2D eigenvalue weighted by molar-refractivity contribution is -0.388. The minimum atomic E-state index is -4.82. The zero-order valence-corrected chi connectivity index (χ0v) is 21.7. The summed E-state index contributed by atoms with van der Waals surface area (Å²) in [5, 5.41) is 14.7. The van der Waals surface area contributed by atoms with E-state index in [1.165, 1.54) is 6.07 Å². The third-order valence-corrected chi connectivity index (χ3v) is 7.40. The first-order chi connectivity index (χ1) is 18.1. The number of hydrogen-bond acceptors (Lipinski definition) is 6. The molecule has 0 spiro atoms. The number of carbonyl (C=O) groups is 1. The molecule has 4 rings (SSSR count). The van der Waals surface area contributed by atoms with E-state index in [1.807, 2.05) is 29.2 Å². The van der Waals surface area contributed by atoms with Crippen LogP contribution in [-0.4, -0.2) is 72.5 Å². The summed E-state index contributed by atoms with van der Waals surface area (Å²) in [4.78, 5) is 29.1. The molecule has 8 nitrogen and oxygen atoms in total. The second-order valence-electron chi connectivity index (χ2n) is 9.69. The topological polar surface area (TPSA) is 82.0 Å². The van der Waals surface area contributed by atoms with Gasteiger partial charge in [-0.25, -0.2) is 0 Å². The molecular formula is C26H31ClF3N5O3. The number of piperidine rings is 1. The maximum absolute atomic E-state index is 13.2. The number of nitrogens with zero attached hydrogens (tertiary/aromatic N) is 4. The number of anilines is 2. The van der Waals surface area contributed by atoms with Crippen molar-refractivity contribution < 1.29 is 22.9 Å². The number of hydrogen-bond donors (Lipinski definition) is 1. The Labute approximate surface area is 224 Å². The fourth-order valence-corrected chi connectivity index (χ4v) is 5.14. The third-order valence-electron chi connectivity index (χ3n) is 7.15. The number of nitrogens with one attached hydrogen (secondary N) is 1. The van der Waals surface area contributed by atoms with Crippen LogP contribution in [0.15, 0.2) is 42.5 Å². The van der Waals surface area contributed by atoms with Crippen molar-refractivity contribution in [2.45, 2.75) is 37.9 Å². The monoisotopic (exact) mass is 553 g/mol. The molecule has 2 aliphatic heterocycles. The van der Waals surface area contributed by atoms with Gasteiger partial charge in [-0.2, -0.15) is 13.2 Å². The van der Waals surface area contributed by atoms with E-state index in [0.717, 1.165) is 62.0 Å². The van der Waals surface area contributed by atoms with Crippen molar-refractivity contribution in [3.8, 4) is 0 Å². The molecule has 2 saturated heterocycles. The molecule has 0 aromatic heterocycles. The van der Waals surface area contributed by atoms with Crippen LogP contribution in [0, 0.1) is 10.1 Å². The summed E-state index contributed by atoms with van der Waals surface area (Å²) in [6.45, 7) is 5.63. The Hall–Kier alpha value is -3.05. The molecule has 0 atom stereocenters. The van der Waals surface area contributed by atoms with E-state index in [4.69, 9.17) is 11.6 Å². The van der Waals surface area contributed by atoms with Crippen molar-refractivity contribution in [1.29, 1.82) is 0 Å². The number of piperazine rings is 1. The number of alkyl halides is 3. The molecule has 2 heterocycles. The lowest BCUT2D eigenvalue weighted by Gasteiger charge is -2.36. The Kier molecular flexibility index (Phi) is 8.99. The number of likely N-dealkylation sites (tertiary alicyclic amines) is 1. The third kappa shape index (κ3) is 7.28. The maximum Gasteiger partial charge on any atom is 0.423 e. The van der Waals surface area contributed by atoms with Gasteiger partial charge in [0.2, 0.25) is 5.91 Å². The summed E-state index contributed by atoms with van der Waals surface area (Å²) < 4.78 is 39.7. The average molecular weight is 554 g/mol. The molecule has 2 aromatic carbocycles. The molecule has 0 unspecified atom stereocenters. The van der Waals surface area contributed by atoms with Crippen molar-refractivity contribution in [1.82, 2.24) is 9.80 Å². The molecule has 1 amide bonds. The van der Waals surface area contributed by atoms with E-state index in [2.05, 4.69) is 15.1 Å². The molecule has 2 fully saturated rings. The molecule has 38 heavy (non-hydrogen) atoms. The van der Waals surface area contributed by atoms with E-state index in [0.29, 0.717) is 32.4 Å². The minimum Gasteiger partial charge on any atom is -0.382 e. The predicted octanol–water partition coefficient (Wildman–Crippen LogP) is 5.27. The van der Waals surface area contributed by atoms with Gasteiger partial charge < -0.3 is 15.1 Å². The summed E-state index contributed by atoms with van der Waals surface area (Å²) in [5.41, 5.74) is -0.890. The van der Waals surface area contributed by atoms with Crippen LogP contribution in [-0.2, 0) is 11.0 Å². The molecule has 1 N–H and O–H groups in total. The minimum absolute atomic E-state index is 0.0953. The fourth-order valence-electron chi connectivity index (χ4n) is 5.01. The van der Waals surface area contributed by atoms with Crippen LogP contribution in [0.5, 0.6) is 0 Å². The SMILES string of the molecule is O=C(CCCN1CCN(c2ccc(Cl)cc2)CC1)N1CCC(Nc2ccc([N+](=O)[O-])c(C(F)(F)F)c2)CC1. The number of nitro groups is 1. The standard InChI is InChI=1S/C26H31ClF3N5O3/c27-19-3-6-22(7-4-19)33-16-14-32(15-17-33)11-1-2-25(36)34-12-9-20(10-13-34)31-21-5-8-24(35(37)38)23(18-21)26(28,29)30/h3-8,18,20,31H,1-2,9-17H2. The number of benzene rings is 2. The fraction of sp³-hybridized carbons (Fsp3) is 0.500. The Bertz CT molecular complexity index is 1120. The van der Waals surface area contributed by atoms with Crippen LogP contribution in [0.2, 0.25) is 5.02 Å². The van der Waals surface area contributed by atoms with Crippen molar-refractivity contribution in [2.24, 2.45) is 0 Å². The first kappa shape index (κ1) is 28.0. The van der Waals surface area contributed by atoms with Gasteiger partial charge in [-0.1, -0.05) is 11.6 Å². The van der Waals surface area contributed by atoms with Crippen LogP contribution in [0.1, 0.15) is 31.2 Å². The van der Waals surface area contributed by atoms with Crippen molar-refractivity contribution in [3.63, 3.8) is 0 Å². The van der Waals surface area contributed by atoms with Crippen LogP contribution in [0.25, 0.3) is 0 Å². The summed E-state index contributed by atoms with van der Waals surface area (Å²) >= 11 is 5.97. The van der Waals surface area contributed by atoms with E-state index < -0.39 is 22.4 Å². The second-order valence-corrected chi connectivity index (χ2v) is 10.1. The lowest BCUT2D eigenvalue weighted by atomic mass is 10.0. The highest BCUT2D eigenvalue weighted by molar-refractivity contribution is 6.30. The second kappa shape index (κ2) is 12.2. The average Bonchev–Trinajstić information content (AvgIpc) is 2.89. The number of halogens is 4. The van der Waals surface area contributed by atoms with Gasteiger partial charge in [0.1, 0.15) is 5.56 Å². The van der Waals surface area contributed by atoms with Gasteiger partial charge in [0.05, 0.1) is 4.92 Å². The lowest BCUT2D eigenvalue weighted by Crippen LogP contribution is -2.47. The van der Waals surface area contributed by atoms with Gasteiger partial charge in [0, 0.05) is 74.2 Å². The normalized spacial score (nSPS) is 17.5. The summed E-state index contributed by atoms with van der Waals surface area (Å²) in [6, 6.07) is 10.7. The van der Waals surface area contributed by atoms with Crippen molar-refractivity contribution >= 4 is 34.6 Å². The van der Waals surface area contributed by atoms with E-state index in [1.54, 1.807) is 0 Å². The van der Waals surface area contributed by atoms with E-state index >= 15 is 0 Å². The Morgan fingerprint density at radius 2 is 1.68 bits per heavy atom. The molecule has 0 bridgehead atoms. The zero-order valence-electron chi connectivity index (χ0n) is 20.9. The largest absolute Gasteiger partial charge is 0.423 e. The molecular weight excluding hydrogens is 523 g/mol. The van der Waals surface area contributed by atoms with Crippen LogP contribution >= 0.6 is 11.6 Å². The quantitative estimate of drug-likeness (QED) is 0.354. The number of rotatable bonds is 8. The smallest absolute Gasteiger partial charge is 0.382 e. The van der Waals surface area contributed by atoms with Crippen LogP contribution in [0.3, 0.4) is 0 Å². The molecule has 0 aliphatic carbocycles. The highest BCUT2D eigenvalue weighted by Crippen LogP contribution is 2.38. The summed E-state index contributed by atoms with van der Waals surface area (Å²) in [5.74, 6) is 0.0953. The summed E-state index contributed by atoms with van der Waals surface area (Å²) in [6.07, 6.45) is -2.39. The Balaban J connectivity index is 1.17. The first-order valence-electron chi connectivity index (χ1n) is 12.7. The van der Waals surface area contributed by atoms with Gasteiger partial charge in [-0.05, 0) is 62.2 Å². The van der Waals surface area contributed by atoms with Crippen molar-refractivity contribution in [3.05, 3.63) is 63.2 Å². The van der Waals surface area contributed by atoms with Crippen LogP contribution in [0.4, 0.5) is 30.2 Å². The maximum atomic E-state index is 13.2. The van der Waals surface area contributed by atoms with E-state index in [-0.39, 0.29) is 17.6 Å². The highest BCUT2D eigenvalue weighted by Gasteiger charge is 2.38. The Morgan fingerprint density at radius 3 is 2.29 bits per heavy atom. The van der Waals surface area contributed by atoms with Gasteiger partial charge in [0.25, 0.3) is 5.69 Å². The molecule has 0 saturated carbocycles. The molecule has 0 radical (unpaired) electrons. The van der Waals surface area contributed by atoms with Crippen molar-refractivity contribution in [2.75, 3.05) is 56.0 Å². The molecule has 2 aromatic rings. The molecule has 12 heteroatoms. The first-order valence-corrected chi connectivity index (χ1v) is 13.1. The van der Waals surface area contributed by atoms with Gasteiger partial charge in [-0.15, -0.1) is 0 Å². The molecule has 206 valence electrons. The number of carbonyl (C=O) groups excluding carboxylic acids is 1. The van der Waals surface area contributed by atoms with Gasteiger partial charge >= 0.3 is 6.18 Å². The Morgan fingerprint density at radius 1 is 1.03 bits per heavy atom. The molecule has 2 aliphatic rings. The predicted molar refractivity (Wildman–Crippen MR) is 141 cm³/mol. The zero-order chi connectivity index (χ0) is 27.3.